The summed E-state index contributed by atoms with van der Waals surface area (Å²) >= 11 is 0. The van der Waals surface area contributed by atoms with Gasteiger partial charge in [0.25, 0.3) is 0 Å². The van der Waals surface area contributed by atoms with Gasteiger partial charge in [0.2, 0.25) is 10.0 Å². The predicted octanol–water partition coefficient (Wildman–Crippen LogP) is 3.89. The molecule has 4 nitrogen and oxygen atoms in total. The first-order chi connectivity index (χ1) is 11.3. The lowest BCUT2D eigenvalue weighted by molar-refractivity contribution is -0.0498. The molecule has 0 radical (unpaired) electrons. The molecule has 0 saturated carbocycles. The molecule has 0 fully saturated rings. The smallest absolute Gasteiger partial charge is 0.387 e. The average molecular weight is 355 g/mol. The number of nitrogens with one attached hydrogen (secondary N) is 1. The van der Waals surface area contributed by atoms with Crippen LogP contribution in [-0.4, -0.2) is 15.0 Å². The van der Waals surface area contributed by atoms with Gasteiger partial charge < -0.3 is 4.74 Å². The Hall–Kier alpha value is -1.99. The molecule has 2 aromatic carbocycles. The third-order valence-electron chi connectivity index (χ3n) is 3.47. The molecule has 0 unspecified atom stereocenters. The van der Waals surface area contributed by atoms with Gasteiger partial charge in [-0.2, -0.15) is 8.78 Å². The molecule has 0 amide bonds. The molecule has 2 rings (SSSR count). The summed E-state index contributed by atoms with van der Waals surface area (Å²) in [7, 11) is -3.63. The lowest BCUT2D eigenvalue weighted by atomic mass is 10.0. The molecule has 7 heteroatoms. The summed E-state index contributed by atoms with van der Waals surface area (Å²) in [6, 6.07) is 12.5. The van der Waals surface area contributed by atoms with E-state index in [2.05, 4.69) is 9.46 Å². The van der Waals surface area contributed by atoms with Crippen molar-refractivity contribution in [2.75, 3.05) is 0 Å². The van der Waals surface area contributed by atoms with E-state index in [1.165, 1.54) is 24.3 Å². The normalized spacial score (nSPS) is 11.9. The summed E-state index contributed by atoms with van der Waals surface area (Å²) in [5.41, 5.74) is 1.70. The number of ether oxygens (including phenoxy) is 1. The number of halogens is 2. The topological polar surface area (TPSA) is 55.4 Å². The van der Waals surface area contributed by atoms with E-state index in [0.717, 1.165) is 5.56 Å². The molecule has 130 valence electrons. The Morgan fingerprint density at radius 2 is 1.58 bits per heavy atom. The lowest BCUT2D eigenvalue weighted by Gasteiger charge is -2.10. The van der Waals surface area contributed by atoms with E-state index in [4.69, 9.17) is 0 Å². The molecule has 0 saturated heterocycles. The van der Waals surface area contributed by atoms with Gasteiger partial charge in [-0.05, 0) is 41.3 Å². The fourth-order valence-electron chi connectivity index (χ4n) is 2.08. The van der Waals surface area contributed by atoms with Gasteiger partial charge in [0.05, 0.1) is 4.90 Å². The first-order valence-corrected chi connectivity index (χ1v) is 8.89. The number of alkyl halides is 2. The molecule has 0 aliphatic heterocycles. The Labute approximate surface area is 140 Å². The molecule has 0 aliphatic carbocycles. The summed E-state index contributed by atoms with van der Waals surface area (Å²) in [6.07, 6.45) is 0. The van der Waals surface area contributed by atoms with Crippen LogP contribution in [0, 0.1) is 0 Å². The zero-order valence-corrected chi connectivity index (χ0v) is 14.2. The quantitative estimate of drug-likeness (QED) is 0.820. The molecule has 0 aliphatic rings. The van der Waals surface area contributed by atoms with Crippen LogP contribution in [0.3, 0.4) is 0 Å². The van der Waals surface area contributed by atoms with E-state index in [9.17, 15) is 17.2 Å². The van der Waals surface area contributed by atoms with E-state index < -0.39 is 16.6 Å². The van der Waals surface area contributed by atoms with Crippen molar-refractivity contribution in [3.8, 4) is 5.75 Å². The van der Waals surface area contributed by atoms with Crippen LogP contribution in [-0.2, 0) is 16.6 Å². The summed E-state index contributed by atoms with van der Waals surface area (Å²) < 4.78 is 55.4. The minimum atomic E-state index is -3.63. The summed E-state index contributed by atoms with van der Waals surface area (Å²) in [5.74, 6) is 0.351. The minimum Gasteiger partial charge on any atom is -0.435 e. The molecule has 0 aromatic heterocycles. The van der Waals surface area contributed by atoms with Crippen LogP contribution < -0.4 is 9.46 Å². The summed E-state index contributed by atoms with van der Waals surface area (Å²) in [6.45, 7) is 1.23. The van der Waals surface area contributed by atoms with Crippen LogP contribution >= 0.6 is 0 Å². The molecule has 2 aromatic rings. The standard InChI is InChI=1S/C17H19F2NO3S/c1-12(2)14-5-9-16(10-6-14)24(21,22)20-11-13-3-7-15(8-4-13)23-17(18)19/h3-10,12,17,20H,11H2,1-2H3. The first-order valence-electron chi connectivity index (χ1n) is 7.41. The van der Waals surface area contributed by atoms with Crippen LogP contribution in [0.4, 0.5) is 8.78 Å². The van der Waals surface area contributed by atoms with Gasteiger partial charge in [-0.25, -0.2) is 13.1 Å². The van der Waals surface area contributed by atoms with Crippen LogP contribution in [0.25, 0.3) is 0 Å². The average Bonchev–Trinajstić information content (AvgIpc) is 2.54. The van der Waals surface area contributed by atoms with E-state index in [1.54, 1.807) is 24.3 Å². The van der Waals surface area contributed by atoms with Gasteiger partial charge in [0.15, 0.2) is 0 Å². The van der Waals surface area contributed by atoms with Crippen LogP contribution in [0.1, 0.15) is 30.9 Å². The van der Waals surface area contributed by atoms with Gasteiger partial charge in [-0.15, -0.1) is 0 Å². The van der Waals surface area contributed by atoms with Gasteiger partial charge in [0, 0.05) is 6.54 Å². The second-order valence-corrected chi connectivity index (χ2v) is 7.34. The zero-order chi connectivity index (χ0) is 17.7. The monoisotopic (exact) mass is 355 g/mol. The number of hydrogen-bond acceptors (Lipinski definition) is 3. The van der Waals surface area contributed by atoms with E-state index >= 15 is 0 Å². The number of benzene rings is 2. The second kappa shape index (κ2) is 7.72. The molecule has 0 bridgehead atoms. The summed E-state index contributed by atoms with van der Waals surface area (Å²) in [5, 5.41) is 0. The zero-order valence-electron chi connectivity index (χ0n) is 13.4. The molecule has 0 atom stereocenters. The van der Waals surface area contributed by atoms with Gasteiger partial charge in [-0.3, -0.25) is 0 Å². The Balaban J connectivity index is 2.01. The number of sulfonamides is 1. The van der Waals surface area contributed by atoms with Crippen molar-refractivity contribution in [2.24, 2.45) is 0 Å². The van der Waals surface area contributed by atoms with Crippen molar-refractivity contribution in [3.63, 3.8) is 0 Å². The van der Waals surface area contributed by atoms with Crippen molar-refractivity contribution in [2.45, 2.75) is 37.8 Å². The largest absolute Gasteiger partial charge is 0.435 e. The van der Waals surface area contributed by atoms with Crippen molar-refractivity contribution in [1.82, 2.24) is 4.72 Å². The molecular formula is C17H19F2NO3S. The Kier molecular flexibility index (Phi) is 5.90. The highest BCUT2D eigenvalue weighted by molar-refractivity contribution is 7.89. The van der Waals surface area contributed by atoms with Gasteiger partial charge >= 0.3 is 6.61 Å². The van der Waals surface area contributed by atoms with Gasteiger partial charge in [-0.1, -0.05) is 38.1 Å². The highest BCUT2D eigenvalue weighted by Crippen LogP contribution is 2.18. The fraction of sp³-hybridized carbons (Fsp3) is 0.294. The third-order valence-corrected chi connectivity index (χ3v) is 4.89. The van der Waals surface area contributed by atoms with E-state index in [0.29, 0.717) is 11.5 Å². The van der Waals surface area contributed by atoms with Crippen LogP contribution in [0.15, 0.2) is 53.4 Å². The van der Waals surface area contributed by atoms with Crippen molar-refractivity contribution < 1.29 is 21.9 Å². The van der Waals surface area contributed by atoms with E-state index in [1.807, 2.05) is 13.8 Å². The van der Waals surface area contributed by atoms with Crippen molar-refractivity contribution >= 4 is 10.0 Å². The third kappa shape index (κ3) is 5.01. The maximum atomic E-state index is 12.3. The van der Waals surface area contributed by atoms with Gasteiger partial charge in [0.1, 0.15) is 5.75 Å². The lowest BCUT2D eigenvalue weighted by Crippen LogP contribution is -2.23. The number of rotatable bonds is 7. The molecular weight excluding hydrogens is 336 g/mol. The molecule has 0 heterocycles. The van der Waals surface area contributed by atoms with E-state index in [-0.39, 0.29) is 17.2 Å². The SMILES string of the molecule is CC(C)c1ccc(S(=O)(=O)NCc2ccc(OC(F)F)cc2)cc1. The Morgan fingerprint density at radius 1 is 1.00 bits per heavy atom. The van der Waals surface area contributed by atoms with Crippen molar-refractivity contribution in [3.05, 3.63) is 59.7 Å². The minimum absolute atomic E-state index is 0.0286. The van der Waals surface area contributed by atoms with Crippen LogP contribution in [0.5, 0.6) is 5.75 Å². The second-order valence-electron chi connectivity index (χ2n) is 5.57. The predicted molar refractivity (Wildman–Crippen MR) is 87.6 cm³/mol. The highest BCUT2D eigenvalue weighted by Gasteiger charge is 2.14. The fourth-order valence-corrected chi connectivity index (χ4v) is 3.10. The molecule has 0 spiro atoms. The summed E-state index contributed by atoms with van der Waals surface area (Å²) in [4.78, 5) is 0.185. The van der Waals surface area contributed by atoms with Crippen molar-refractivity contribution in [1.29, 1.82) is 0 Å². The van der Waals surface area contributed by atoms with Crippen LogP contribution in [0.2, 0.25) is 0 Å². The highest BCUT2D eigenvalue weighted by atomic mass is 32.2. The maximum Gasteiger partial charge on any atom is 0.387 e. The Bertz CT molecular complexity index is 757. The molecule has 24 heavy (non-hydrogen) atoms. The first kappa shape index (κ1) is 18.4. The number of hydrogen-bond donors (Lipinski definition) is 1. The Morgan fingerprint density at radius 3 is 2.08 bits per heavy atom. The molecule has 1 N–H and O–H groups in total. The maximum absolute atomic E-state index is 12.3.